The van der Waals surface area contributed by atoms with Gasteiger partial charge in [-0.3, -0.25) is 4.79 Å². The van der Waals surface area contributed by atoms with Crippen LogP contribution in [0.25, 0.3) is 0 Å². The number of carbonyl (C=O) groups is 1. The van der Waals surface area contributed by atoms with Crippen molar-refractivity contribution in [1.82, 2.24) is 4.90 Å². The minimum atomic E-state index is -0.528. The van der Waals surface area contributed by atoms with E-state index >= 15 is 0 Å². The monoisotopic (exact) mass is 401 g/mol. The molecule has 0 aliphatic carbocycles. The van der Waals surface area contributed by atoms with Crippen LogP contribution in [0.3, 0.4) is 0 Å². The van der Waals surface area contributed by atoms with Crippen LogP contribution in [-0.4, -0.2) is 62.6 Å². The first-order valence-electron chi connectivity index (χ1n) is 9.53. The summed E-state index contributed by atoms with van der Waals surface area (Å²) in [4.78, 5) is 14.6. The van der Waals surface area contributed by atoms with Crippen molar-refractivity contribution in [3.8, 4) is 11.5 Å². The number of rotatable bonds is 8. The van der Waals surface area contributed by atoms with Gasteiger partial charge in [0.2, 0.25) is 5.91 Å². The molecule has 0 spiro atoms. The van der Waals surface area contributed by atoms with E-state index in [2.05, 4.69) is 0 Å². The fourth-order valence-corrected chi connectivity index (χ4v) is 3.51. The van der Waals surface area contributed by atoms with Crippen molar-refractivity contribution in [3.63, 3.8) is 0 Å². The standard InChI is InChI=1S/C22H27NO6/c1-26-18-9-8-17(12-19(18)27-2)22-20(13-24)29-11-10-23(22)21(25)15-28-14-16-6-4-3-5-7-16/h3-9,12,20,22,24H,10-11,13-15H2,1-2H3/t20-,22-/m1/s1. The van der Waals surface area contributed by atoms with Gasteiger partial charge in [-0.05, 0) is 23.3 Å². The van der Waals surface area contributed by atoms with E-state index in [0.29, 0.717) is 31.3 Å². The highest BCUT2D eigenvalue weighted by Gasteiger charge is 2.36. The zero-order valence-corrected chi connectivity index (χ0v) is 16.7. The van der Waals surface area contributed by atoms with Crippen LogP contribution in [0.2, 0.25) is 0 Å². The van der Waals surface area contributed by atoms with Crippen LogP contribution in [0.5, 0.6) is 11.5 Å². The van der Waals surface area contributed by atoms with E-state index in [1.807, 2.05) is 42.5 Å². The van der Waals surface area contributed by atoms with Crippen LogP contribution in [0.4, 0.5) is 0 Å². The van der Waals surface area contributed by atoms with Crippen molar-refractivity contribution in [3.05, 3.63) is 59.7 Å². The third-order valence-electron chi connectivity index (χ3n) is 4.94. The SMILES string of the molecule is COc1ccc([C@@H]2[C@@H](CO)OCCN2C(=O)COCc2ccccc2)cc1OC. The second-order valence-electron chi connectivity index (χ2n) is 6.72. The topological polar surface area (TPSA) is 77.5 Å². The first-order chi connectivity index (χ1) is 14.2. The van der Waals surface area contributed by atoms with E-state index in [1.54, 1.807) is 25.2 Å². The van der Waals surface area contributed by atoms with E-state index in [0.717, 1.165) is 11.1 Å². The van der Waals surface area contributed by atoms with Gasteiger partial charge in [0.1, 0.15) is 12.7 Å². The lowest BCUT2D eigenvalue weighted by Crippen LogP contribution is -2.50. The van der Waals surface area contributed by atoms with Gasteiger partial charge in [0.15, 0.2) is 11.5 Å². The molecule has 1 aliphatic rings. The van der Waals surface area contributed by atoms with Crippen molar-refractivity contribution in [2.24, 2.45) is 0 Å². The summed E-state index contributed by atoms with van der Waals surface area (Å²) >= 11 is 0. The molecule has 0 bridgehead atoms. The van der Waals surface area contributed by atoms with Gasteiger partial charge in [-0.2, -0.15) is 0 Å². The number of methoxy groups -OCH3 is 2. The van der Waals surface area contributed by atoms with E-state index < -0.39 is 12.1 Å². The fourth-order valence-electron chi connectivity index (χ4n) is 3.51. The van der Waals surface area contributed by atoms with Crippen molar-refractivity contribution in [2.45, 2.75) is 18.8 Å². The molecule has 3 rings (SSSR count). The second kappa shape index (κ2) is 10.2. The molecule has 1 aliphatic heterocycles. The van der Waals surface area contributed by atoms with Gasteiger partial charge in [-0.25, -0.2) is 0 Å². The molecule has 1 amide bonds. The molecule has 1 fully saturated rings. The molecule has 29 heavy (non-hydrogen) atoms. The predicted molar refractivity (Wildman–Crippen MR) is 107 cm³/mol. The Balaban J connectivity index is 1.75. The first kappa shape index (κ1) is 21.1. The second-order valence-corrected chi connectivity index (χ2v) is 6.72. The van der Waals surface area contributed by atoms with Gasteiger partial charge >= 0.3 is 0 Å². The smallest absolute Gasteiger partial charge is 0.249 e. The molecule has 0 aromatic heterocycles. The summed E-state index contributed by atoms with van der Waals surface area (Å²) in [5, 5.41) is 9.82. The predicted octanol–water partition coefficient (Wildman–Crippen LogP) is 2.18. The molecular weight excluding hydrogens is 374 g/mol. The quantitative estimate of drug-likeness (QED) is 0.731. The van der Waals surface area contributed by atoms with Crippen LogP contribution in [-0.2, 0) is 20.9 Å². The van der Waals surface area contributed by atoms with Crippen molar-refractivity contribution in [1.29, 1.82) is 0 Å². The molecule has 1 N–H and O–H groups in total. The van der Waals surface area contributed by atoms with Gasteiger partial charge in [0, 0.05) is 6.54 Å². The van der Waals surface area contributed by atoms with Crippen molar-refractivity contribution >= 4 is 5.91 Å². The fraction of sp³-hybridized carbons (Fsp3) is 0.409. The summed E-state index contributed by atoms with van der Waals surface area (Å²) < 4.78 is 22.0. The first-order valence-corrected chi connectivity index (χ1v) is 9.53. The molecule has 2 aromatic rings. The van der Waals surface area contributed by atoms with Crippen LogP contribution in [0.1, 0.15) is 17.2 Å². The number of carbonyl (C=O) groups excluding carboxylic acids is 1. The number of aliphatic hydroxyl groups is 1. The molecule has 1 heterocycles. The Morgan fingerprint density at radius 2 is 1.90 bits per heavy atom. The molecule has 7 heteroatoms. The zero-order valence-electron chi connectivity index (χ0n) is 16.7. The molecule has 0 saturated carbocycles. The maximum Gasteiger partial charge on any atom is 0.249 e. The van der Waals surface area contributed by atoms with Gasteiger partial charge in [-0.1, -0.05) is 36.4 Å². The maximum absolute atomic E-state index is 12.9. The highest BCUT2D eigenvalue weighted by atomic mass is 16.5. The Morgan fingerprint density at radius 3 is 2.59 bits per heavy atom. The number of morpholine rings is 1. The zero-order chi connectivity index (χ0) is 20.6. The minimum absolute atomic E-state index is 0.0448. The van der Waals surface area contributed by atoms with Crippen LogP contribution in [0.15, 0.2) is 48.5 Å². The number of benzene rings is 2. The summed E-state index contributed by atoms with van der Waals surface area (Å²) in [5.41, 5.74) is 1.81. The van der Waals surface area contributed by atoms with E-state index in [9.17, 15) is 9.90 Å². The summed E-state index contributed by atoms with van der Waals surface area (Å²) in [6.07, 6.45) is -0.528. The average molecular weight is 401 g/mol. The molecule has 156 valence electrons. The highest BCUT2D eigenvalue weighted by molar-refractivity contribution is 5.78. The lowest BCUT2D eigenvalue weighted by Gasteiger charge is -2.41. The number of ether oxygens (including phenoxy) is 4. The Kier molecular flexibility index (Phi) is 7.46. The largest absolute Gasteiger partial charge is 0.493 e. The Bertz CT molecular complexity index is 797. The molecule has 0 radical (unpaired) electrons. The molecule has 1 saturated heterocycles. The molecule has 2 aromatic carbocycles. The summed E-state index contributed by atoms with van der Waals surface area (Å²) in [6.45, 7) is 0.897. The third-order valence-corrected chi connectivity index (χ3v) is 4.94. The van der Waals surface area contributed by atoms with Gasteiger partial charge in [0.25, 0.3) is 0 Å². The minimum Gasteiger partial charge on any atom is -0.493 e. The van der Waals surface area contributed by atoms with E-state index in [1.165, 1.54) is 0 Å². The number of nitrogens with zero attached hydrogens (tertiary/aromatic N) is 1. The van der Waals surface area contributed by atoms with E-state index in [4.69, 9.17) is 18.9 Å². The lowest BCUT2D eigenvalue weighted by molar-refractivity contribution is -0.154. The molecule has 0 unspecified atom stereocenters. The summed E-state index contributed by atoms with van der Waals surface area (Å²) in [6, 6.07) is 14.7. The molecular formula is C22H27NO6. The van der Waals surface area contributed by atoms with Gasteiger partial charge in [0.05, 0.1) is 40.1 Å². The molecule has 7 nitrogen and oxygen atoms in total. The van der Waals surface area contributed by atoms with Crippen LogP contribution >= 0.6 is 0 Å². The lowest BCUT2D eigenvalue weighted by atomic mass is 9.97. The number of amides is 1. The Labute approximate surface area is 170 Å². The van der Waals surface area contributed by atoms with Crippen LogP contribution in [0, 0.1) is 0 Å². The summed E-state index contributed by atoms with van der Waals surface area (Å²) in [5.74, 6) is 1.00. The van der Waals surface area contributed by atoms with E-state index in [-0.39, 0.29) is 19.1 Å². The normalized spacial score (nSPS) is 19.1. The Morgan fingerprint density at radius 1 is 1.14 bits per heavy atom. The van der Waals surface area contributed by atoms with Crippen LogP contribution < -0.4 is 9.47 Å². The number of hydrogen-bond donors (Lipinski definition) is 1. The maximum atomic E-state index is 12.9. The highest BCUT2D eigenvalue weighted by Crippen LogP contribution is 2.35. The average Bonchev–Trinajstić information content (AvgIpc) is 2.78. The van der Waals surface area contributed by atoms with Crippen molar-refractivity contribution < 1.29 is 28.8 Å². The van der Waals surface area contributed by atoms with Crippen molar-refractivity contribution in [2.75, 3.05) is 40.6 Å². The molecule has 2 atom stereocenters. The Hall–Kier alpha value is -2.61. The number of hydrogen-bond acceptors (Lipinski definition) is 6. The van der Waals surface area contributed by atoms with Gasteiger partial charge < -0.3 is 29.0 Å². The number of aliphatic hydroxyl groups excluding tert-OH is 1. The summed E-state index contributed by atoms with van der Waals surface area (Å²) in [7, 11) is 3.13. The van der Waals surface area contributed by atoms with Gasteiger partial charge in [-0.15, -0.1) is 0 Å². The third kappa shape index (κ3) is 5.06.